The van der Waals surface area contributed by atoms with Crippen molar-refractivity contribution in [3.05, 3.63) is 129 Å². The molecule has 7 nitrogen and oxygen atoms in total. The molecule has 0 aromatic heterocycles. The third kappa shape index (κ3) is 8.04. The van der Waals surface area contributed by atoms with Gasteiger partial charge >= 0.3 is 0 Å². The molecule has 0 aliphatic rings. The van der Waals surface area contributed by atoms with E-state index in [1.54, 1.807) is 24.3 Å². The van der Waals surface area contributed by atoms with Crippen molar-refractivity contribution in [1.82, 2.24) is 10.2 Å². The second kappa shape index (κ2) is 14.2. The molecule has 0 saturated heterocycles. The Kier molecular flexibility index (Phi) is 10.7. The molecule has 0 saturated carbocycles. The lowest BCUT2D eigenvalue weighted by atomic mass is 10.0. The molecule has 0 spiro atoms. The number of likely N-dealkylation sites (N-methyl/N-ethyl adjacent to an activating group) is 1. The van der Waals surface area contributed by atoms with Crippen molar-refractivity contribution in [3.8, 4) is 0 Å². The summed E-state index contributed by atoms with van der Waals surface area (Å²) in [5.41, 5.74) is 3.54. The van der Waals surface area contributed by atoms with Crippen molar-refractivity contribution in [2.75, 3.05) is 17.9 Å². The van der Waals surface area contributed by atoms with Gasteiger partial charge in [0.15, 0.2) is 0 Å². The molecule has 0 radical (unpaired) electrons. The number of halogens is 2. The molecule has 0 fully saturated rings. The standard InChI is InChI=1S/C33H33BrClN3O4S/c1-23-12-16-29(17-13-23)43(41,42)38(28-15-14-24(2)30(35)20-28)22-32(39)37(21-26-10-7-11-27(34)18-26)31(33(40)36-3)19-25-8-5-4-6-9-25/h4-18,20,31H,19,21-22H2,1-3H3,(H,36,40)/t31-/m1/s1. The van der Waals surface area contributed by atoms with Gasteiger partial charge in [0.25, 0.3) is 10.0 Å². The van der Waals surface area contributed by atoms with Crippen LogP contribution in [0.1, 0.15) is 22.3 Å². The highest BCUT2D eigenvalue weighted by Gasteiger charge is 2.34. The Hall–Kier alpha value is -3.66. The molecule has 43 heavy (non-hydrogen) atoms. The maximum Gasteiger partial charge on any atom is 0.264 e. The van der Waals surface area contributed by atoms with Crippen LogP contribution in [0.2, 0.25) is 5.02 Å². The number of carbonyl (C=O) groups excluding carboxylic acids is 2. The highest BCUT2D eigenvalue weighted by Crippen LogP contribution is 2.29. The van der Waals surface area contributed by atoms with E-state index in [1.165, 1.54) is 30.1 Å². The minimum absolute atomic E-state index is 0.0354. The van der Waals surface area contributed by atoms with E-state index in [-0.39, 0.29) is 29.5 Å². The van der Waals surface area contributed by atoms with Gasteiger partial charge in [-0.2, -0.15) is 0 Å². The van der Waals surface area contributed by atoms with E-state index in [0.717, 1.165) is 31.0 Å². The summed E-state index contributed by atoms with van der Waals surface area (Å²) >= 11 is 9.90. The van der Waals surface area contributed by atoms with Gasteiger partial charge in [0, 0.05) is 29.5 Å². The highest BCUT2D eigenvalue weighted by atomic mass is 79.9. The van der Waals surface area contributed by atoms with Crippen LogP contribution >= 0.6 is 27.5 Å². The van der Waals surface area contributed by atoms with E-state index >= 15 is 0 Å². The number of hydrogen-bond donors (Lipinski definition) is 1. The maximum absolute atomic E-state index is 14.3. The highest BCUT2D eigenvalue weighted by molar-refractivity contribution is 9.10. The number of aryl methyl sites for hydroxylation is 2. The van der Waals surface area contributed by atoms with Gasteiger partial charge in [-0.25, -0.2) is 8.42 Å². The number of benzene rings is 4. The fourth-order valence-corrected chi connectivity index (χ4v) is 6.68. The fourth-order valence-electron chi connectivity index (χ4n) is 4.66. The SMILES string of the molecule is CNC(=O)[C@@H](Cc1ccccc1)N(Cc1cccc(Br)c1)C(=O)CN(c1ccc(C)c(Cl)c1)S(=O)(=O)c1ccc(C)cc1. The lowest BCUT2D eigenvalue weighted by molar-refractivity contribution is -0.139. The van der Waals surface area contributed by atoms with Gasteiger partial charge in [-0.05, 0) is 66.9 Å². The number of anilines is 1. The fraction of sp³-hybridized carbons (Fsp3) is 0.212. The summed E-state index contributed by atoms with van der Waals surface area (Å²) in [4.78, 5) is 29.2. The van der Waals surface area contributed by atoms with E-state index in [4.69, 9.17) is 11.6 Å². The maximum atomic E-state index is 14.3. The molecule has 2 amide bonds. The molecule has 0 heterocycles. The zero-order valence-corrected chi connectivity index (χ0v) is 27.3. The van der Waals surface area contributed by atoms with E-state index in [2.05, 4.69) is 21.2 Å². The minimum atomic E-state index is -4.20. The number of amides is 2. The first-order chi connectivity index (χ1) is 20.5. The Bertz CT molecular complexity index is 1700. The lowest BCUT2D eigenvalue weighted by Gasteiger charge is -2.33. The molecule has 1 atom stereocenters. The Morgan fingerprint density at radius 3 is 2.19 bits per heavy atom. The first kappa shape index (κ1) is 32.3. The van der Waals surface area contributed by atoms with Gasteiger partial charge in [0.05, 0.1) is 10.6 Å². The molecule has 1 N–H and O–H groups in total. The Morgan fingerprint density at radius 1 is 0.884 bits per heavy atom. The van der Waals surface area contributed by atoms with E-state index in [0.29, 0.717) is 5.02 Å². The lowest BCUT2D eigenvalue weighted by Crippen LogP contribution is -2.53. The number of sulfonamides is 1. The molecule has 0 unspecified atom stereocenters. The van der Waals surface area contributed by atoms with Crippen LogP contribution in [0.25, 0.3) is 0 Å². The number of nitrogens with zero attached hydrogens (tertiary/aromatic N) is 2. The van der Waals surface area contributed by atoms with Gasteiger partial charge in [-0.3, -0.25) is 13.9 Å². The van der Waals surface area contributed by atoms with Crippen LogP contribution in [0.15, 0.2) is 106 Å². The Balaban J connectivity index is 1.80. The summed E-state index contributed by atoms with van der Waals surface area (Å²) < 4.78 is 30.0. The monoisotopic (exact) mass is 681 g/mol. The van der Waals surface area contributed by atoms with Crippen LogP contribution in [0, 0.1) is 13.8 Å². The molecule has 0 aliphatic carbocycles. The molecular weight excluding hydrogens is 650 g/mol. The zero-order chi connectivity index (χ0) is 31.1. The summed E-state index contributed by atoms with van der Waals surface area (Å²) in [5.74, 6) is -0.907. The van der Waals surface area contributed by atoms with Crippen molar-refractivity contribution in [2.45, 2.75) is 37.8 Å². The summed E-state index contributed by atoms with van der Waals surface area (Å²) in [6.45, 7) is 3.21. The smallest absolute Gasteiger partial charge is 0.264 e. The number of nitrogens with one attached hydrogen (secondary N) is 1. The van der Waals surface area contributed by atoms with Crippen molar-refractivity contribution in [2.24, 2.45) is 0 Å². The van der Waals surface area contributed by atoms with Gasteiger partial charge in [-0.15, -0.1) is 0 Å². The number of hydrogen-bond acceptors (Lipinski definition) is 4. The van der Waals surface area contributed by atoms with Crippen molar-refractivity contribution >= 4 is 55.1 Å². The van der Waals surface area contributed by atoms with Crippen LogP contribution in [-0.2, 0) is 32.6 Å². The topological polar surface area (TPSA) is 86.8 Å². The molecular formula is C33H33BrClN3O4S. The second-order valence-electron chi connectivity index (χ2n) is 10.2. The summed E-state index contributed by atoms with van der Waals surface area (Å²) in [6.07, 6.45) is 0.237. The van der Waals surface area contributed by atoms with Crippen LogP contribution in [-0.4, -0.2) is 44.8 Å². The van der Waals surface area contributed by atoms with E-state index in [1.807, 2.05) is 68.4 Å². The van der Waals surface area contributed by atoms with Gasteiger partial charge < -0.3 is 10.2 Å². The van der Waals surface area contributed by atoms with E-state index < -0.39 is 28.5 Å². The summed E-state index contributed by atoms with van der Waals surface area (Å²) in [5, 5.41) is 3.05. The van der Waals surface area contributed by atoms with Crippen LogP contribution in [0.4, 0.5) is 5.69 Å². The molecule has 224 valence electrons. The molecule has 4 rings (SSSR count). The molecule has 4 aromatic rings. The van der Waals surface area contributed by atoms with Crippen molar-refractivity contribution in [3.63, 3.8) is 0 Å². The average Bonchev–Trinajstić information content (AvgIpc) is 2.99. The molecule has 0 aliphatic heterocycles. The van der Waals surface area contributed by atoms with Crippen LogP contribution in [0.3, 0.4) is 0 Å². The Morgan fingerprint density at radius 2 is 1.56 bits per heavy atom. The predicted octanol–water partition coefficient (Wildman–Crippen LogP) is 6.30. The van der Waals surface area contributed by atoms with Gasteiger partial charge in [0.2, 0.25) is 11.8 Å². The van der Waals surface area contributed by atoms with Crippen molar-refractivity contribution < 1.29 is 18.0 Å². The van der Waals surface area contributed by atoms with Crippen LogP contribution < -0.4 is 9.62 Å². The normalized spacial score (nSPS) is 11.9. The molecule has 4 aromatic carbocycles. The van der Waals surface area contributed by atoms with E-state index in [9.17, 15) is 18.0 Å². The molecule has 10 heteroatoms. The summed E-state index contributed by atoms with van der Waals surface area (Å²) in [6, 6.07) is 27.2. The van der Waals surface area contributed by atoms with Gasteiger partial charge in [0.1, 0.15) is 12.6 Å². The molecule has 0 bridgehead atoms. The predicted molar refractivity (Wildman–Crippen MR) is 175 cm³/mol. The largest absolute Gasteiger partial charge is 0.357 e. The zero-order valence-electron chi connectivity index (χ0n) is 24.1. The quantitative estimate of drug-likeness (QED) is 0.201. The average molecular weight is 683 g/mol. The third-order valence-electron chi connectivity index (χ3n) is 7.09. The third-order valence-corrected chi connectivity index (χ3v) is 9.78. The van der Waals surface area contributed by atoms with Crippen LogP contribution in [0.5, 0.6) is 0 Å². The first-order valence-electron chi connectivity index (χ1n) is 13.6. The first-order valence-corrected chi connectivity index (χ1v) is 16.3. The Labute approximate surface area is 266 Å². The number of rotatable bonds is 11. The van der Waals surface area contributed by atoms with Crippen molar-refractivity contribution in [1.29, 1.82) is 0 Å². The van der Waals surface area contributed by atoms with Gasteiger partial charge in [-0.1, -0.05) is 93.8 Å². The second-order valence-corrected chi connectivity index (χ2v) is 13.4. The minimum Gasteiger partial charge on any atom is -0.357 e. The number of carbonyl (C=O) groups is 2. The summed E-state index contributed by atoms with van der Waals surface area (Å²) in [7, 11) is -2.68.